The van der Waals surface area contributed by atoms with E-state index >= 15 is 0 Å². The zero-order chi connectivity index (χ0) is 19.2. The normalized spacial score (nSPS) is 17.5. The van der Waals surface area contributed by atoms with E-state index in [1.807, 2.05) is 58.0 Å². The molecule has 0 amide bonds. The molecule has 0 N–H and O–H groups in total. The fourth-order valence-electron chi connectivity index (χ4n) is 3.31. The molecule has 1 aliphatic rings. The van der Waals surface area contributed by atoms with Crippen LogP contribution in [0.3, 0.4) is 0 Å². The molecule has 1 saturated carbocycles. The zero-order valence-corrected chi connectivity index (χ0v) is 16.5. The molecular weight excluding hydrogens is 328 g/mol. The first-order chi connectivity index (χ1) is 12.3. The standard InChI is InChI=1S/C22H32O4/c1-5-18(25-20(24)21(3,4)6-2)16-19(23)26-22(14-10-11-15-22)17-12-8-7-9-13-17/h7-9,12-13,18H,5-6,10-11,14-16H2,1-4H3. The molecule has 4 nitrogen and oxygen atoms in total. The molecule has 2 rings (SSSR count). The van der Waals surface area contributed by atoms with Crippen molar-refractivity contribution < 1.29 is 19.1 Å². The smallest absolute Gasteiger partial charge is 0.311 e. The van der Waals surface area contributed by atoms with Crippen LogP contribution < -0.4 is 0 Å². The predicted molar refractivity (Wildman–Crippen MR) is 102 cm³/mol. The van der Waals surface area contributed by atoms with Gasteiger partial charge < -0.3 is 9.47 Å². The van der Waals surface area contributed by atoms with Crippen LogP contribution in [-0.2, 0) is 24.7 Å². The third kappa shape index (κ3) is 4.87. The average molecular weight is 360 g/mol. The van der Waals surface area contributed by atoms with Gasteiger partial charge in [-0.25, -0.2) is 0 Å². The molecule has 0 spiro atoms. The third-order valence-electron chi connectivity index (χ3n) is 5.58. The zero-order valence-electron chi connectivity index (χ0n) is 16.5. The van der Waals surface area contributed by atoms with E-state index in [0.29, 0.717) is 12.8 Å². The largest absolute Gasteiger partial charge is 0.461 e. The summed E-state index contributed by atoms with van der Waals surface area (Å²) in [6.45, 7) is 7.61. The maximum absolute atomic E-state index is 12.6. The van der Waals surface area contributed by atoms with Gasteiger partial charge in [0.25, 0.3) is 0 Å². The molecule has 0 saturated heterocycles. The number of carbonyl (C=O) groups excluding carboxylic acids is 2. The van der Waals surface area contributed by atoms with Crippen LogP contribution in [-0.4, -0.2) is 18.0 Å². The molecule has 0 bridgehead atoms. The van der Waals surface area contributed by atoms with Crippen molar-refractivity contribution in [3.63, 3.8) is 0 Å². The van der Waals surface area contributed by atoms with Gasteiger partial charge in [-0.15, -0.1) is 0 Å². The second kappa shape index (κ2) is 8.70. The van der Waals surface area contributed by atoms with Crippen LogP contribution in [0.4, 0.5) is 0 Å². The molecule has 1 fully saturated rings. The summed E-state index contributed by atoms with van der Waals surface area (Å²) in [6.07, 6.45) is 4.78. The van der Waals surface area contributed by atoms with E-state index < -0.39 is 17.1 Å². The number of ether oxygens (including phenoxy) is 2. The molecule has 0 aromatic heterocycles. The second-order valence-corrected chi connectivity index (χ2v) is 7.92. The lowest BCUT2D eigenvalue weighted by Gasteiger charge is -2.31. The van der Waals surface area contributed by atoms with Crippen LogP contribution in [0.1, 0.15) is 78.2 Å². The van der Waals surface area contributed by atoms with Crippen molar-refractivity contribution in [3.8, 4) is 0 Å². The van der Waals surface area contributed by atoms with Crippen molar-refractivity contribution in [2.24, 2.45) is 5.41 Å². The van der Waals surface area contributed by atoms with Gasteiger partial charge >= 0.3 is 11.9 Å². The molecule has 0 heterocycles. The summed E-state index contributed by atoms with van der Waals surface area (Å²) in [5.74, 6) is -0.539. The van der Waals surface area contributed by atoms with E-state index in [4.69, 9.17) is 9.47 Å². The van der Waals surface area contributed by atoms with Crippen LogP contribution in [0.5, 0.6) is 0 Å². The topological polar surface area (TPSA) is 52.6 Å². The second-order valence-electron chi connectivity index (χ2n) is 7.92. The third-order valence-corrected chi connectivity index (χ3v) is 5.58. The van der Waals surface area contributed by atoms with Crippen molar-refractivity contribution in [2.45, 2.75) is 84.3 Å². The molecule has 1 atom stereocenters. The molecule has 1 aromatic carbocycles. The van der Waals surface area contributed by atoms with Crippen LogP contribution in [0, 0.1) is 5.41 Å². The Kier molecular flexibility index (Phi) is 6.85. The van der Waals surface area contributed by atoms with Crippen LogP contribution in [0.25, 0.3) is 0 Å². The Morgan fingerprint density at radius 3 is 2.27 bits per heavy atom. The quantitative estimate of drug-likeness (QED) is 0.602. The fraction of sp³-hybridized carbons (Fsp3) is 0.636. The predicted octanol–water partition coefficient (Wildman–Crippen LogP) is 5.15. The summed E-state index contributed by atoms with van der Waals surface area (Å²) >= 11 is 0. The molecule has 26 heavy (non-hydrogen) atoms. The fourth-order valence-corrected chi connectivity index (χ4v) is 3.31. The Morgan fingerprint density at radius 1 is 1.12 bits per heavy atom. The molecule has 0 aliphatic heterocycles. The van der Waals surface area contributed by atoms with Gasteiger partial charge in [-0.3, -0.25) is 9.59 Å². The maximum Gasteiger partial charge on any atom is 0.311 e. The van der Waals surface area contributed by atoms with Gasteiger partial charge in [0, 0.05) is 0 Å². The van der Waals surface area contributed by atoms with Gasteiger partial charge in [0.1, 0.15) is 11.7 Å². The minimum absolute atomic E-state index is 0.108. The summed E-state index contributed by atoms with van der Waals surface area (Å²) in [4.78, 5) is 24.9. The number of esters is 2. The van der Waals surface area contributed by atoms with E-state index in [1.165, 1.54) is 0 Å². The highest BCUT2D eigenvalue weighted by atomic mass is 16.6. The Labute approximate surface area is 157 Å². The Morgan fingerprint density at radius 2 is 1.73 bits per heavy atom. The van der Waals surface area contributed by atoms with Crippen molar-refractivity contribution in [1.82, 2.24) is 0 Å². The van der Waals surface area contributed by atoms with Crippen molar-refractivity contribution >= 4 is 11.9 Å². The lowest BCUT2D eigenvalue weighted by atomic mass is 9.90. The lowest BCUT2D eigenvalue weighted by molar-refractivity contribution is -0.169. The molecule has 1 unspecified atom stereocenters. The molecular formula is C22H32O4. The van der Waals surface area contributed by atoms with Crippen LogP contribution >= 0.6 is 0 Å². The highest BCUT2D eigenvalue weighted by molar-refractivity contribution is 5.77. The molecule has 0 radical (unpaired) electrons. The van der Waals surface area contributed by atoms with Gasteiger partial charge in [-0.05, 0) is 57.9 Å². The summed E-state index contributed by atoms with van der Waals surface area (Å²) in [5.41, 5.74) is 0.000179. The van der Waals surface area contributed by atoms with Crippen molar-refractivity contribution in [2.75, 3.05) is 0 Å². The van der Waals surface area contributed by atoms with Crippen LogP contribution in [0.15, 0.2) is 30.3 Å². The average Bonchev–Trinajstić information content (AvgIpc) is 3.11. The minimum atomic E-state index is -0.534. The number of hydrogen-bond acceptors (Lipinski definition) is 4. The molecule has 1 aromatic rings. The number of rotatable bonds is 8. The highest BCUT2D eigenvalue weighted by Gasteiger charge is 2.40. The Balaban J connectivity index is 2.02. The number of hydrogen-bond donors (Lipinski definition) is 0. The summed E-state index contributed by atoms with van der Waals surface area (Å²) in [6, 6.07) is 9.98. The summed E-state index contributed by atoms with van der Waals surface area (Å²) < 4.78 is 11.6. The van der Waals surface area contributed by atoms with E-state index in [9.17, 15) is 9.59 Å². The first kappa shape index (κ1) is 20.5. The Hall–Kier alpha value is -1.84. The van der Waals surface area contributed by atoms with Gasteiger partial charge in [0.05, 0.1) is 11.8 Å². The first-order valence-electron chi connectivity index (χ1n) is 9.81. The van der Waals surface area contributed by atoms with Crippen molar-refractivity contribution in [3.05, 3.63) is 35.9 Å². The minimum Gasteiger partial charge on any atom is -0.461 e. The molecule has 4 heteroatoms. The van der Waals surface area contributed by atoms with E-state index in [0.717, 1.165) is 31.2 Å². The van der Waals surface area contributed by atoms with Gasteiger partial charge in [0.15, 0.2) is 0 Å². The maximum atomic E-state index is 12.6. The van der Waals surface area contributed by atoms with E-state index in [2.05, 4.69) is 0 Å². The SMILES string of the molecule is CCC(CC(=O)OC1(c2ccccc2)CCCC1)OC(=O)C(C)(C)CC. The van der Waals surface area contributed by atoms with Gasteiger partial charge in [-0.2, -0.15) is 0 Å². The first-order valence-corrected chi connectivity index (χ1v) is 9.81. The van der Waals surface area contributed by atoms with E-state index in [1.54, 1.807) is 0 Å². The molecule has 1 aliphatic carbocycles. The number of benzene rings is 1. The Bertz CT molecular complexity index is 600. The monoisotopic (exact) mass is 360 g/mol. The van der Waals surface area contributed by atoms with Gasteiger partial charge in [-0.1, -0.05) is 44.2 Å². The number of carbonyl (C=O) groups is 2. The highest BCUT2D eigenvalue weighted by Crippen LogP contribution is 2.42. The lowest BCUT2D eigenvalue weighted by Crippen LogP contribution is -2.34. The van der Waals surface area contributed by atoms with Crippen molar-refractivity contribution in [1.29, 1.82) is 0 Å². The van der Waals surface area contributed by atoms with Gasteiger partial charge in [0.2, 0.25) is 0 Å². The summed E-state index contributed by atoms with van der Waals surface area (Å²) in [7, 11) is 0. The molecule has 144 valence electrons. The summed E-state index contributed by atoms with van der Waals surface area (Å²) in [5, 5.41) is 0. The van der Waals surface area contributed by atoms with E-state index in [-0.39, 0.29) is 18.4 Å². The van der Waals surface area contributed by atoms with Crippen LogP contribution in [0.2, 0.25) is 0 Å².